The summed E-state index contributed by atoms with van der Waals surface area (Å²) in [4.78, 5) is 0. The highest BCUT2D eigenvalue weighted by Crippen LogP contribution is 1.92. The van der Waals surface area contributed by atoms with E-state index >= 15 is 0 Å². The van der Waals surface area contributed by atoms with Crippen molar-refractivity contribution in [1.82, 2.24) is 0 Å². The summed E-state index contributed by atoms with van der Waals surface area (Å²) in [7, 11) is 1.69. The SMILES string of the molecule is C=CC=CC=C(C)COC. The highest BCUT2D eigenvalue weighted by atomic mass is 16.5. The monoisotopic (exact) mass is 138 g/mol. The molecular weight excluding hydrogens is 124 g/mol. The van der Waals surface area contributed by atoms with E-state index < -0.39 is 0 Å². The molecule has 0 aliphatic carbocycles. The van der Waals surface area contributed by atoms with Gasteiger partial charge in [0, 0.05) is 7.11 Å². The Morgan fingerprint density at radius 3 is 2.70 bits per heavy atom. The van der Waals surface area contributed by atoms with Crippen molar-refractivity contribution in [2.24, 2.45) is 0 Å². The Labute approximate surface area is 62.7 Å². The summed E-state index contributed by atoms with van der Waals surface area (Å²) >= 11 is 0. The van der Waals surface area contributed by atoms with Crippen LogP contribution in [0, 0.1) is 0 Å². The van der Waals surface area contributed by atoms with Crippen LogP contribution < -0.4 is 0 Å². The van der Waals surface area contributed by atoms with E-state index in [-0.39, 0.29) is 0 Å². The minimum absolute atomic E-state index is 0.696. The van der Waals surface area contributed by atoms with Crippen molar-refractivity contribution in [2.75, 3.05) is 13.7 Å². The van der Waals surface area contributed by atoms with Crippen LogP contribution in [-0.4, -0.2) is 13.7 Å². The molecule has 0 aliphatic heterocycles. The Kier molecular flexibility index (Phi) is 5.79. The lowest BCUT2D eigenvalue weighted by Gasteiger charge is -1.94. The van der Waals surface area contributed by atoms with Crippen LogP contribution >= 0.6 is 0 Å². The Balaban J connectivity index is 3.67. The zero-order valence-corrected chi connectivity index (χ0v) is 6.63. The van der Waals surface area contributed by atoms with E-state index in [0.29, 0.717) is 6.61 Å². The normalized spacial score (nSPS) is 12.4. The van der Waals surface area contributed by atoms with Gasteiger partial charge in [-0.1, -0.05) is 30.9 Å². The molecule has 10 heavy (non-hydrogen) atoms. The topological polar surface area (TPSA) is 9.23 Å². The number of ether oxygens (including phenoxy) is 1. The van der Waals surface area contributed by atoms with Gasteiger partial charge in [-0.15, -0.1) is 0 Å². The molecule has 0 aromatic rings. The molecule has 0 fully saturated rings. The molecule has 0 unspecified atom stereocenters. The second kappa shape index (κ2) is 6.30. The van der Waals surface area contributed by atoms with Gasteiger partial charge in [0.25, 0.3) is 0 Å². The second-order valence-electron chi connectivity index (χ2n) is 2.07. The van der Waals surface area contributed by atoms with Gasteiger partial charge in [-0.2, -0.15) is 0 Å². The predicted octanol–water partition coefficient (Wildman–Crippen LogP) is 2.32. The lowest BCUT2D eigenvalue weighted by Crippen LogP contribution is -1.87. The quantitative estimate of drug-likeness (QED) is 0.542. The lowest BCUT2D eigenvalue weighted by atomic mass is 10.3. The van der Waals surface area contributed by atoms with E-state index in [1.807, 2.05) is 25.2 Å². The first kappa shape index (κ1) is 9.18. The molecule has 0 rings (SSSR count). The van der Waals surface area contributed by atoms with Crippen molar-refractivity contribution in [1.29, 1.82) is 0 Å². The molecule has 1 nitrogen and oxygen atoms in total. The second-order valence-corrected chi connectivity index (χ2v) is 2.07. The van der Waals surface area contributed by atoms with E-state index in [9.17, 15) is 0 Å². The highest BCUT2D eigenvalue weighted by molar-refractivity contribution is 5.14. The lowest BCUT2D eigenvalue weighted by molar-refractivity contribution is 0.226. The van der Waals surface area contributed by atoms with Crippen molar-refractivity contribution in [3.63, 3.8) is 0 Å². The maximum atomic E-state index is 4.91. The fourth-order valence-electron chi connectivity index (χ4n) is 0.574. The molecule has 1 heteroatoms. The number of hydrogen-bond donors (Lipinski definition) is 0. The predicted molar refractivity (Wildman–Crippen MR) is 45.0 cm³/mol. The van der Waals surface area contributed by atoms with Crippen LogP contribution in [0.5, 0.6) is 0 Å². The van der Waals surface area contributed by atoms with E-state index in [0.717, 1.165) is 0 Å². The summed E-state index contributed by atoms with van der Waals surface area (Å²) in [5.41, 5.74) is 1.21. The van der Waals surface area contributed by atoms with E-state index in [2.05, 4.69) is 6.58 Å². The van der Waals surface area contributed by atoms with Crippen molar-refractivity contribution in [3.8, 4) is 0 Å². The Bertz CT molecular complexity index is 143. The molecule has 0 saturated heterocycles. The first-order chi connectivity index (χ1) is 4.81. The van der Waals surface area contributed by atoms with Crippen LogP contribution in [0.1, 0.15) is 6.92 Å². The van der Waals surface area contributed by atoms with Crippen molar-refractivity contribution >= 4 is 0 Å². The fraction of sp³-hybridized carbons (Fsp3) is 0.333. The number of rotatable bonds is 4. The van der Waals surface area contributed by atoms with Gasteiger partial charge in [-0.3, -0.25) is 0 Å². The van der Waals surface area contributed by atoms with Crippen molar-refractivity contribution in [3.05, 3.63) is 36.5 Å². The summed E-state index contributed by atoms with van der Waals surface area (Å²) in [6.45, 7) is 6.28. The van der Waals surface area contributed by atoms with Gasteiger partial charge in [0.1, 0.15) is 0 Å². The first-order valence-electron chi connectivity index (χ1n) is 3.25. The molecule has 56 valence electrons. The van der Waals surface area contributed by atoms with Gasteiger partial charge in [0.2, 0.25) is 0 Å². The molecule has 0 radical (unpaired) electrons. The van der Waals surface area contributed by atoms with E-state index in [4.69, 9.17) is 4.74 Å². The van der Waals surface area contributed by atoms with E-state index in [1.165, 1.54) is 5.57 Å². The van der Waals surface area contributed by atoms with Crippen LogP contribution in [0.4, 0.5) is 0 Å². The molecule has 0 bridgehead atoms. The molecule has 0 saturated carbocycles. The maximum absolute atomic E-state index is 4.91. The summed E-state index contributed by atoms with van der Waals surface area (Å²) in [6, 6.07) is 0. The summed E-state index contributed by atoms with van der Waals surface area (Å²) in [5.74, 6) is 0. The molecule has 0 aromatic carbocycles. The minimum Gasteiger partial charge on any atom is -0.380 e. The smallest absolute Gasteiger partial charge is 0.0673 e. The van der Waals surface area contributed by atoms with Crippen LogP contribution in [0.15, 0.2) is 36.5 Å². The minimum atomic E-state index is 0.696. The Morgan fingerprint density at radius 2 is 2.20 bits per heavy atom. The van der Waals surface area contributed by atoms with Gasteiger partial charge >= 0.3 is 0 Å². The molecule has 0 amide bonds. The zero-order chi connectivity index (χ0) is 7.82. The van der Waals surface area contributed by atoms with Gasteiger partial charge in [0.15, 0.2) is 0 Å². The van der Waals surface area contributed by atoms with Crippen LogP contribution in [0.25, 0.3) is 0 Å². The molecule has 0 heterocycles. The molecular formula is C9H14O. The molecule has 0 aliphatic rings. The van der Waals surface area contributed by atoms with E-state index in [1.54, 1.807) is 13.2 Å². The van der Waals surface area contributed by atoms with Gasteiger partial charge in [-0.05, 0) is 12.5 Å². The van der Waals surface area contributed by atoms with Gasteiger partial charge in [0.05, 0.1) is 6.61 Å². The average Bonchev–Trinajstić information content (AvgIpc) is 1.89. The summed E-state index contributed by atoms with van der Waals surface area (Å²) in [6.07, 6.45) is 7.59. The molecule has 0 spiro atoms. The standard InChI is InChI=1S/C9H14O/c1-4-5-6-7-9(2)8-10-3/h4-7H,1,8H2,2-3H3. The van der Waals surface area contributed by atoms with Crippen LogP contribution in [-0.2, 0) is 4.74 Å². The largest absolute Gasteiger partial charge is 0.380 e. The summed E-state index contributed by atoms with van der Waals surface area (Å²) in [5, 5.41) is 0. The molecule has 0 atom stereocenters. The maximum Gasteiger partial charge on any atom is 0.0673 e. The number of methoxy groups -OCH3 is 1. The first-order valence-corrected chi connectivity index (χ1v) is 3.25. The number of allylic oxidation sites excluding steroid dienone is 4. The Hall–Kier alpha value is -0.820. The Morgan fingerprint density at radius 1 is 1.50 bits per heavy atom. The van der Waals surface area contributed by atoms with Crippen molar-refractivity contribution < 1.29 is 4.74 Å². The average molecular weight is 138 g/mol. The number of hydrogen-bond acceptors (Lipinski definition) is 1. The van der Waals surface area contributed by atoms with Gasteiger partial charge < -0.3 is 4.74 Å². The van der Waals surface area contributed by atoms with Crippen molar-refractivity contribution in [2.45, 2.75) is 6.92 Å². The van der Waals surface area contributed by atoms with Crippen LogP contribution in [0.2, 0.25) is 0 Å². The van der Waals surface area contributed by atoms with Crippen LogP contribution in [0.3, 0.4) is 0 Å². The summed E-state index contributed by atoms with van der Waals surface area (Å²) < 4.78 is 4.91. The molecule has 0 N–H and O–H groups in total. The third-order valence-corrected chi connectivity index (χ3v) is 1.000. The fourth-order valence-corrected chi connectivity index (χ4v) is 0.574. The van der Waals surface area contributed by atoms with Gasteiger partial charge in [-0.25, -0.2) is 0 Å². The zero-order valence-electron chi connectivity index (χ0n) is 6.63. The third-order valence-electron chi connectivity index (χ3n) is 1.000. The highest BCUT2D eigenvalue weighted by Gasteiger charge is 1.81. The third kappa shape index (κ3) is 5.32. The molecule has 0 aromatic heterocycles.